The molecule has 0 saturated heterocycles. The normalized spacial score (nSPS) is 11.9. The second-order valence-electron chi connectivity index (χ2n) is 8.26. The maximum Gasteiger partial charge on any atom is 0.143 e. The Hall–Kier alpha value is -3.62. The quantitative estimate of drug-likeness (QED) is 0.217. The first-order chi connectivity index (χ1) is 15.8. The molecule has 0 spiro atoms. The summed E-state index contributed by atoms with van der Waals surface area (Å²) in [5.74, 6) is 0. The lowest BCUT2D eigenvalue weighted by molar-refractivity contribution is 0.672. The predicted molar refractivity (Wildman–Crippen MR) is 139 cm³/mol. The van der Waals surface area contributed by atoms with Crippen LogP contribution in [0.25, 0.3) is 65.4 Å². The highest BCUT2D eigenvalue weighted by Gasteiger charge is 2.15. The van der Waals surface area contributed by atoms with Crippen molar-refractivity contribution in [2.45, 2.75) is 0 Å². The van der Waals surface area contributed by atoms with E-state index in [4.69, 9.17) is 4.42 Å². The maximum atomic E-state index is 6.34. The van der Waals surface area contributed by atoms with Gasteiger partial charge in [0.2, 0.25) is 0 Å². The van der Waals surface area contributed by atoms with Gasteiger partial charge in [0.05, 0.1) is 0 Å². The standard InChI is InChI=1S/C30H17BrO/c31-29-23-10-3-1-8-21(23)28(22-9-2-4-11-24(22)29)19-14-13-18-15-16-25-20-7-5-6-12-27(20)32-30(25)26(18)17-19/h1-17H. The topological polar surface area (TPSA) is 13.1 Å². The van der Waals surface area contributed by atoms with Crippen LogP contribution in [-0.4, -0.2) is 0 Å². The molecule has 0 aliphatic carbocycles. The molecular formula is C30H17BrO. The van der Waals surface area contributed by atoms with Crippen LogP contribution < -0.4 is 0 Å². The number of hydrogen-bond donors (Lipinski definition) is 0. The summed E-state index contributed by atoms with van der Waals surface area (Å²) in [6, 6.07) is 36.6. The van der Waals surface area contributed by atoms with E-state index in [1.54, 1.807) is 0 Å². The van der Waals surface area contributed by atoms with Gasteiger partial charge in [0, 0.05) is 20.6 Å². The summed E-state index contributed by atoms with van der Waals surface area (Å²) < 4.78 is 7.49. The molecule has 2 heteroatoms. The lowest BCUT2D eigenvalue weighted by atomic mass is 9.91. The summed E-state index contributed by atoms with van der Waals surface area (Å²) in [5.41, 5.74) is 4.34. The van der Waals surface area contributed by atoms with E-state index < -0.39 is 0 Å². The van der Waals surface area contributed by atoms with E-state index in [1.807, 2.05) is 12.1 Å². The summed E-state index contributed by atoms with van der Waals surface area (Å²) in [6.45, 7) is 0. The van der Waals surface area contributed by atoms with Crippen molar-refractivity contribution in [3.8, 4) is 11.1 Å². The van der Waals surface area contributed by atoms with Crippen molar-refractivity contribution in [1.29, 1.82) is 0 Å². The Kier molecular flexibility index (Phi) is 3.76. The fourth-order valence-electron chi connectivity index (χ4n) is 5.04. The van der Waals surface area contributed by atoms with Crippen LogP contribution in [0.15, 0.2) is 112 Å². The van der Waals surface area contributed by atoms with E-state index >= 15 is 0 Å². The highest BCUT2D eigenvalue weighted by atomic mass is 79.9. The molecule has 0 atom stereocenters. The number of furan rings is 1. The van der Waals surface area contributed by atoms with Crippen molar-refractivity contribution in [1.82, 2.24) is 0 Å². The maximum absolute atomic E-state index is 6.34. The molecule has 32 heavy (non-hydrogen) atoms. The van der Waals surface area contributed by atoms with Gasteiger partial charge in [0.15, 0.2) is 0 Å². The Morgan fingerprint density at radius 1 is 0.500 bits per heavy atom. The van der Waals surface area contributed by atoms with Crippen LogP contribution in [0.2, 0.25) is 0 Å². The van der Waals surface area contributed by atoms with Gasteiger partial charge in [0.25, 0.3) is 0 Å². The van der Waals surface area contributed by atoms with Gasteiger partial charge in [-0.15, -0.1) is 0 Å². The van der Waals surface area contributed by atoms with Gasteiger partial charge in [0.1, 0.15) is 11.2 Å². The van der Waals surface area contributed by atoms with Crippen LogP contribution in [0, 0.1) is 0 Å². The molecule has 1 aromatic heterocycles. The fourth-order valence-corrected chi connectivity index (χ4v) is 5.74. The van der Waals surface area contributed by atoms with Crippen LogP contribution in [-0.2, 0) is 0 Å². The van der Waals surface area contributed by atoms with E-state index in [-0.39, 0.29) is 0 Å². The van der Waals surface area contributed by atoms with Gasteiger partial charge in [-0.3, -0.25) is 0 Å². The molecule has 0 bridgehead atoms. The van der Waals surface area contributed by atoms with Gasteiger partial charge >= 0.3 is 0 Å². The molecule has 0 saturated carbocycles. The van der Waals surface area contributed by atoms with Crippen molar-refractivity contribution in [3.63, 3.8) is 0 Å². The SMILES string of the molecule is Brc1c2ccccc2c(-c2ccc3ccc4c5ccccc5oc4c3c2)c2ccccc12. The number of hydrogen-bond acceptors (Lipinski definition) is 1. The Balaban J connectivity index is 1.64. The van der Waals surface area contributed by atoms with Crippen LogP contribution in [0.1, 0.15) is 0 Å². The third kappa shape index (κ3) is 2.44. The van der Waals surface area contributed by atoms with E-state index in [0.717, 1.165) is 31.8 Å². The lowest BCUT2D eigenvalue weighted by Crippen LogP contribution is -1.88. The summed E-state index contributed by atoms with van der Waals surface area (Å²) in [4.78, 5) is 0. The van der Waals surface area contributed by atoms with E-state index in [1.165, 1.54) is 38.1 Å². The molecular weight excluding hydrogens is 456 g/mol. The number of fused-ring (bicyclic) bond motifs is 7. The largest absolute Gasteiger partial charge is 0.455 e. The molecule has 1 nitrogen and oxygen atoms in total. The third-order valence-electron chi connectivity index (χ3n) is 6.52. The van der Waals surface area contributed by atoms with E-state index in [2.05, 4.69) is 107 Å². The van der Waals surface area contributed by atoms with Gasteiger partial charge in [-0.25, -0.2) is 0 Å². The van der Waals surface area contributed by atoms with E-state index in [9.17, 15) is 0 Å². The predicted octanol–water partition coefficient (Wildman–Crippen LogP) is 9.48. The molecule has 0 aliphatic heterocycles. The Labute approximate surface area is 193 Å². The second kappa shape index (κ2) is 6.69. The molecule has 0 aliphatic rings. The summed E-state index contributed by atoms with van der Waals surface area (Å²) >= 11 is 3.87. The molecule has 7 rings (SSSR count). The Bertz CT molecular complexity index is 1780. The lowest BCUT2D eigenvalue weighted by Gasteiger charge is -2.15. The minimum atomic E-state index is 0.931. The van der Waals surface area contributed by atoms with Crippen LogP contribution in [0.4, 0.5) is 0 Å². The second-order valence-corrected chi connectivity index (χ2v) is 9.05. The van der Waals surface area contributed by atoms with Gasteiger partial charge < -0.3 is 4.42 Å². The molecule has 0 unspecified atom stereocenters. The van der Waals surface area contributed by atoms with Crippen LogP contribution >= 0.6 is 15.9 Å². The molecule has 0 amide bonds. The van der Waals surface area contributed by atoms with Gasteiger partial charge in [-0.1, -0.05) is 84.9 Å². The highest BCUT2D eigenvalue weighted by Crippen LogP contribution is 2.43. The first kappa shape index (κ1) is 18.0. The highest BCUT2D eigenvalue weighted by molar-refractivity contribution is 9.10. The van der Waals surface area contributed by atoms with Gasteiger partial charge in [-0.05, 0) is 72.2 Å². The summed E-state index contributed by atoms with van der Waals surface area (Å²) in [7, 11) is 0. The Morgan fingerprint density at radius 3 is 1.81 bits per heavy atom. The third-order valence-corrected chi connectivity index (χ3v) is 7.37. The number of rotatable bonds is 1. The molecule has 0 N–H and O–H groups in total. The zero-order valence-electron chi connectivity index (χ0n) is 17.1. The molecule has 6 aromatic carbocycles. The average molecular weight is 473 g/mol. The molecule has 0 radical (unpaired) electrons. The smallest absolute Gasteiger partial charge is 0.143 e. The number of benzene rings is 6. The number of para-hydroxylation sites is 1. The van der Waals surface area contributed by atoms with Crippen molar-refractivity contribution < 1.29 is 4.42 Å². The van der Waals surface area contributed by atoms with Crippen LogP contribution in [0.3, 0.4) is 0 Å². The summed E-state index contributed by atoms with van der Waals surface area (Å²) in [6.07, 6.45) is 0. The van der Waals surface area contributed by atoms with Crippen LogP contribution in [0.5, 0.6) is 0 Å². The molecule has 7 aromatic rings. The number of halogens is 1. The van der Waals surface area contributed by atoms with Crippen molar-refractivity contribution in [2.75, 3.05) is 0 Å². The monoisotopic (exact) mass is 472 g/mol. The van der Waals surface area contributed by atoms with Crippen molar-refractivity contribution >= 4 is 70.2 Å². The first-order valence-corrected chi connectivity index (χ1v) is 11.5. The zero-order valence-corrected chi connectivity index (χ0v) is 18.7. The molecule has 1 heterocycles. The van der Waals surface area contributed by atoms with Gasteiger partial charge in [-0.2, -0.15) is 0 Å². The average Bonchev–Trinajstić information content (AvgIpc) is 3.24. The first-order valence-electron chi connectivity index (χ1n) is 10.7. The molecule has 150 valence electrons. The molecule has 0 fully saturated rings. The zero-order chi connectivity index (χ0) is 21.2. The van der Waals surface area contributed by atoms with E-state index in [0.29, 0.717) is 0 Å². The summed E-state index contributed by atoms with van der Waals surface area (Å²) in [5, 5.41) is 9.60. The minimum Gasteiger partial charge on any atom is -0.455 e. The van der Waals surface area contributed by atoms with Crippen molar-refractivity contribution in [2.24, 2.45) is 0 Å². The van der Waals surface area contributed by atoms with Crippen molar-refractivity contribution in [3.05, 3.63) is 108 Å². The Morgan fingerprint density at radius 2 is 1.09 bits per heavy atom. The minimum absolute atomic E-state index is 0.931. The fraction of sp³-hybridized carbons (Fsp3) is 0.